The number of benzene rings is 1. The Morgan fingerprint density at radius 2 is 2.00 bits per heavy atom. The zero-order chi connectivity index (χ0) is 14.7. The molecule has 2 aromatic rings. The lowest BCUT2D eigenvalue weighted by molar-refractivity contribution is 0.219. The third kappa shape index (κ3) is 3.91. The maximum atomic E-state index is 5.43. The average molecular weight is 285 g/mol. The van der Waals surface area contributed by atoms with Gasteiger partial charge in [-0.1, -0.05) is 41.9 Å². The summed E-state index contributed by atoms with van der Waals surface area (Å²) in [4.78, 5) is 6.98. The van der Waals surface area contributed by atoms with Gasteiger partial charge in [0.15, 0.2) is 0 Å². The molecule has 0 atom stereocenters. The highest BCUT2D eigenvalue weighted by Gasteiger charge is 2.25. The van der Waals surface area contributed by atoms with E-state index in [2.05, 4.69) is 41.0 Å². The second-order valence-electron chi connectivity index (χ2n) is 6.06. The second-order valence-corrected chi connectivity index (χ2v) is 6.06. The van der Waals surface area contributed by atoms with Gasteiger partial charge in [-0.15, -0.1) is 0 Å². The topological polar surface area (TPSA) is 42.2 Å². The van der Waals surface area contributed by atoms with Crippen LogP contribution in [0.15, 0.2) is 28.8 Å². The van der Waals surface area contributed by atoms with E-state index in [9.17, 15) is 0 Å². The van der Waals surface area contributed by atoms with E-state index >= 15 is 0 Å². The van der Waals surface area contributed by atoms with Gasteiger partial charge >= 0.3 is 0 Å². The number of hydrogen-bond acceptors (Lipinski definition) is 4. The van der Waals surface area contributed by atoms with Crippen molar-refractivity contribution < 1.29 is 4.52 Å². The number of nitrogens with zero attached hydrogens (tertiary/aromatic N) is 3. The van der Waals surface area contributed by atoms with Gasteiger partial charge in [0.1, 0.15) is 0 Å². The van der Waals surface area contributed by atoms with Crippen molar-refractivity contribution in [1.29, 1.82) is 0 Å². The van der Waals surface area contributed by atoms with Crippen molar-refractivity contribution >= 4 is 0 Å². The van der Waals surface area contributed by atoms with Crippen LogP contribution in [0.25, 0.3) is 11.4 Å². The molecule has 0 spiro atoms. The smallest absolute Gasteiger partial charge is 0.241 e. The van der Waals surface area contributed by atoms with Gasteiger partial charge in [-0.2, -0.15) is 4.98 Å². The molecule has 0 aliphatic heterocycles. The molecule has 1 aromatic carbocycles. The van der Waals surface area contributed by atoms with Crippen LogP contribution in [0.4, 0.5) is 0 Å². The van der Waals surface area contributed by atoms with Crippen LogP contribution in [-0.2, 0) is 6.54 Å². The van der Waals surface area contributed by atoms with E-state index in [4.69, 9.17) is 4.52 Å². The molecular formula is C17H23N3O. The van der Waals surface area contributed by atoms with Crippen LogP contribution in [0.1, 0.15) is 37.6 Å². The lowest BCUT2D eigenvalue weighted by atomic mass is 10.1. The molecule has 1 aliphatic carbocycles. The van der Waals surface area contributed by atoms with Crippen LogP contribution in [0.3, 0.4) is 0 Å². The SMILES string of the molecule is CCCN(Cc1nc(-c2ccc(C)cc2)no1)CC1CC1. The van der Waals surface area contributed by atoms with Gasteiger partial charge in [-0.3, -0.25) is 4.90 Å². The highest BCUT2D eigenvalue weighted by molar-refractivity contribution is 5.54. The minimum absolute atomic E-state index is 0.688. The lowest BCUT2D eigenvalue weighted by Gasteiger charge is -2.18. The Balaban J connectivity index is 1.66. The van der Waals surface area contributed by atoms with Crippen LogP contribution in [0.5, 0.6) is 0 Å². The monoisotopic (exact) mass is 285 g/mol. The third-order valence-corrected chi connectivity index (χ3v) is 3.89. The first-order chi connectivity index (χ1) is 10.2. The predicted molar refractivity (Wildman–Crippen MR) is 82.8 cm³/mol. The second kappa shape index (κ2) is 6.39. The van der Waals surface area contributed by atoms with Gasteiger partial charge in [-0.05, 0) is 38.6 Å². The molecule has 1 fully saturated rings. The maximum absolute atomic E-state index is 5.43. The minimum atomic E-state index is 0.688. The Hall–Kier alpha value is -1.68. The van der Waals surface area contributed by atoms with Crippen molar-refractivity contribution in [2.75, 3.05) is 13.1 Å². The average Bonchev–Trinajstić information content (AvgIpc) is 3.16. The van der Waals surface area contributed by atoms with Crippen LogP contribution < -0.4 is 0 Å². The molecule has 3 rings (SSSR count). The zero-order valence-electron chi connectivity index (χ0n) is 12.9. The summed E-state index contributed by atoms with van der Waals surface area (Å²) < 4.78 is 5.43. The largest absolute Gasteiger partial charge is 0.338 e. The van der Waals surface area contributed by atoms with Crippen molar-refractivity contribution in [3.05, 3.63) is 35.7 Å². The number of hydrogen-bond donors (Lipinski definition) is 0. The van der Waals surface area contributed by atoms with Crippen molar-refractivity contribution in [3.8, 4) is 11.4 Å². The Labute approximate surface area is 126 Å². The maximum Gasteiger partial charge on any atom is 0.241 e. The lowest BCUT2D eigenvalue weighted by Crippen LogP contribution is -2.26. The molecule has 1 aliphatic rings. The van der Waals surface area contributed by atoms with E-state index in [0.717, 1.165) is 43.4 Å². The van der Waals surface area contributed by atoms with E-state index in [0.29, 0.717) is 5.82 Å². The summed E-state index contributed by atoms with van der Waals surface area (Å²) >= 11 is 0. The van der Waals surface area contributed by atoms with Crippen LogP contribution in [0.2, 0.25) is 0 Å². The summed E-state index contributed by atoms with van der Waals surface area (Å²) in [5.41, 5.74) is 2.25. The van der Waals surface area contributed by atoms with Crippen LogP contribution in [-0.4, -0.2) is 28.1 Å². The molecule has 0 bridgehead atoms. The number of rotatable bonds is 7. The standard InChI is InChI=1S/C17H23N3O/c1-3-10-20(11-14-6-7-14)12-16-18-17(19-21-16)15-8-4-13(2)5-9-15/h4-5,8-9,14H,3,6-7,10-12H2,1-2H3. The Kier molecular flexibility index (Phi) is 4.34. The molecule has 0 amide bonds. The zero-order valence-corrected chi connectivity index (χ0v) is 12.9. The Bertz CT molecular complexity index is 572. The van der Waals surface area contributed by atoms with Crippen molar-refractivity contribution in [2.45, 2.75) is 39.7 Å². The summed E-state index contributed by atoms with van der Waals surface area (Å²) in [6, 6.07) is 8.22. The first-order valence-electron chi connectivity index (χ1n) is 7.86. The van der Waals surface area contributed by atoms with Crippen LogP contribution >= 0.6 is 0 Å². The van der Waals surface area contributed by atoms with E-state index < -0.39 is 0 Å². The van der Waals surface area contributed by atoms with E-state index in [1.807, 2.05) is 12.1 Å². The van der Waals surface area contributed by atoms with Gasteiger partial charge in [-0.25, -0.2) is 0 Å². The molecule has 21 heavy (non-hydrogen) atoms. The first kappa shape index (κ1) is 14.3. The highest BCUT2D eigenvalue weighted by Crippen LogP contribution is 2.30. The summed E-state index contributed by atoms with van der Waals surface area (Å²) in [7, 11) is 0. The fourth-order valence-corrected chi connectivity index (χ4v) is 2.55. The van der Waals surface area contributed by atoms with E-state index in [1.165, 1.54) is 18.4 Å². The molecule has 4 nitrogen and oxygen atoms in total. The summed E-state index contributed by atoms with van der Waals surface area (Å²) in [5, 5.41) is 4.11. The summed E-state index contributed by atoms with van der Waals surface area (Å²) in [6.45, 7) is 7.31. The van der Waals surface area contributed by atoms with Crippen molar-refractivity contribution in [1.82, 2.24) is 15.0 Å². The molecular weight excluding hydrogens is 262 g/mol. The van der Waals surface area contributed by atoms with Crippen molar-refractivity contribution in [3.63, 3.8) is 0 Å². The number of aryl methyl sites for hydroxylation is 1. The molecule has 112 valence electrons. The van der Waals surface area contributed by atoms with Crippen LogP contribution in [0, 0.1) is 12.8 Å². The predicted octanol–water partition coefficient (Wildman–Crippen LogP) is 3.67. The van der Waals surface area contributed by atoms with Gasteiger partial charge in [0, 0.05) is 12.1 Å². The molecule has 1 heterocycles. The fraction of sp³-hybridized carbons (Fsp3) is 0.529. The Morgan fingerprint density at radius 3 is 2.67 bits per heavy atom. The summed E-state index contributed by atoms with van der Waals surface area (Å²) in [5.74, 6) is 2.29. The van der Waals surface area contributed by atoms with Gasteiger partial charge in [0.25, 0.3) is 0 Å². The quantitative estimate of drug-likeness (QED) is 0.778. The van der Waals surface area contributed by atoms with Gasteiger partial charge in [0.2, 0.25) is 11.7 Å². The molecule has 0 saturated heterocycles. The minimum Gasteiger partial charge on any atom is -0.338 e. The van der Waals surface area contributed by atoms with Gasteiger partial charge < -0.3 is 4.52 Å². The van der Waals surface area contributed by atoms with Gasteiger partial charge in [0.05, 0.1) is 6.54 Å². The fourth-order valence-electron chi connectivity index (χ4n) is 2.55. The molecule has 0 radical (unpaired) electrons. The normalized spacial score (nSPS) is 14.8. The van der Waals surface area contributed by atoms with E-state index in [1.54, 1.807) is 0 Å². The highest BCUT2D eigenvalue weighted by atomic mass is 16.5. The van der Waals surface area contributed by atoms with Crippen molar-refractivity contribution in [2.24, 2.45) is 5.92 Å². The molecule has 1 aromatic heterocycles. The number of aromatic nitrogens is 2. The molecule has 4 heteroatoms. The first-order valence-corrected chi connectivity index (χ1v) is 7.86. The summed E-state index contributed by atoms with van der Waals surface area (Å²) in [6.07, 6.45) is 3.91. The van der Waals surface area contributed by atoms with E-state index in [-0.39, 0.29) is 0 Å². The molecule has 0 N–H and O–H groups in total. The molecule has 1 saturated carbocycles. The Morgan fingerprint density at radius 1 is 1.24 bits per heavy atom. The molecule has 0 unspecified atom stereocenters. The third-order valence-electron chi connectivity index (χ3n) is 3.89.